The van der Waals surface area contributed by atoms with Gasteiger partial charge < -0.3 is 15.8 Å². The molecule has 4 heterocycles. The van der Waals surface area contributed by atoms with Crippen molar-refractivity contribution < 1.29 is 9.53 Å². The molecule has 1 saturated carbocycles. The van der Waals surface area contributed by atoms with Gasteiger partial charge in [-0.25, -0.2) is 4.98 Å². The molecule has 7 heteroatoms. The number of amides is 1. The molecule has 1 aromatic carbocycles. The van der Waals surface area contributed by atoms with Crippen LogP contribution in [0.1, 0.15) is 48.1 Å². The van der Waals surface area contributed by atoms with E-state index in [9.17, 15) is 4.79 Å². The third kappa shape index (κ3) is 3.93. The van der Waals surface area contributed by atoms with Gasteiger partial charge in [-0.1, -0.05) is 24.0 Å². The molecule has 3 fully saturated rings. The number of nitrogens with one attached hydrogen (secondary N) is 1. The highest BCUT2D eigenvalue weighted by Gasteiger charge is 2.51. The number of hydrogen-bond acceptors (Lipinski definition) is 6. The van der Waals surface area contributed by atoms with Crippen molar-refractivity contribution in [3.63, 3.8) is 0 Å². The van der Waals surface area contributed by atoms with Crippen LogP contribution in [0.15, 0.2) is 42.7 Å². The Morgan fingerprint density at radius 2 is 1.86 bits per heavy atom. The third-order valence-corrected chi connectivity index (χ3v) is 7.77. The highest BCUT2D eigenvalue weighted by molar-refractivity contribution is 5.97. The molecule has 2 aromatic heterocycles. The maximum Gasteiger partial charge on any atom is 0.229 e. The summed E-state index contributed by atoms with van der Waals surface area (Å²) < 4.78 is 5.71. The maximum atomic E-state index is 12.1. The maximum absolute atomic E-state index is 12.1. The lowest BCUT2D eigenvalue weighted by Crippen LogP contribution is -2.45. The Morgan fingerprint density at radius 1 is 1.11 bits per heavy atom. The van der Waals surface area contributed by atoms with E-state index in [-0.39, 0.29) is 5.91 Å². The quantitative estimate of drug-likeness (QED) is 0.561. The fraction of sp³-hybridized carbons (Fsp3) is 0.393. The number of benzene rings is 1. The number of nitrogens with two attached hydrogens (primary N) is 1. The minimum atomic E-state index is -0.641. The van der Waals surface area contributed by atoms with Gasteiger partial charge in [0.15, 0.2) is 0 Å². The van der Waals surface area contributed by atoms with E-state index in [0.717, 1.165) is 66.0 Å². The molecule has 0 radical (unpaired) electrons. The molecule has 2 bridgehead atoms. The highest BCUT2D eigenvalue weighted by Crippen LogP contribution is 2.47. The van der Waals surface area contributed by atoms with Gasteiger partial charge in [0.2, 0.25) is 5.91 Å². The summed E-state index contributed by atoms with van der Waals surface area (Å²) in [6.45, 7) is 2.67. The molecule has 2 unspecified atom stereocenters. The van der Waals surface area contributed by atoms with Crippen molar-refractivity contribution in [2.45, 2.75) is 49.7 Å². The molecule has 1 amide bonds. The Labute approximate surface area is 205 Å². The third-order valence-electron chi connectivity index (χ3n) is 7.77. The second-order valence-electron chi connectivity index (χ2n) is 9.87. The molecule has 3 aliphatic rings. The summed E-state index contributed by atoms with van der Waals surface area (Å²) in [5.41, 5.74) is 8.82. The van der Waals surface area contributed by atoms with E-state index in [1.165, 1.54) is 18.4 Å². The number of pyridine rings is 2. The number of aromatic nitrogens is 2. The molecule has 6 rings (SSSR count). The topological polar surface area (TPSA) is 93.4 Å². The molecule has 0 spiro atoms. The van der Waals surface area contributed by atoms with E-state index in [1.807, 2.05) is 13.1 Å². The Kier molecular flexibility index (Phi) is 5.43. The van der Waals surface area contributed by atoms with Crippen LogP contribution in [0.4, 0.5) is 5.82 Å². The predicted octanol–water partition coefficient (Wildman–Crippen LogP) is 2.95. The second-order valence-corrected chi connectivity index (χ2v) is 9.87. The van der Waals surface area contributed by atoms with Gasteiger partial charge >= 0.3 is 0 Å². The summed E-state index contributed by atoms with van der Waals surface area (Å²) in [6.07, 6.45) is 7.50. The van der Waals surface area contributed by atoms with Crippen LogP contribution in [0.2, 0.25) is 0 Å². The monoisotopic (exact) mass is 467 g/mol. The lowest BCUT2D eigenvalue weighted by molar-refractivity contribution is -0.120. The van der Waals surface area contributed by atoms with Crippen LogP contribution in [0.25, 0.3) is 10.8 Å². The molecule has 2 saturated heterocycles. The number of nitrogens with zero attached hydrogens (tertiary/aromatic N) is 3. The van der Waals surface area contributed by atoms with Crippen molar-refractivity contribution in [1.29, 1.82) is 0 Å². The number of fused-ring (bicyclic) bond motifs is 3. The summed E-state index contributed by atoms with van der Waals surface area (Å²) in [5, 5.41) is 4.91. The fourth-order valence-corrected chi connectivity index (χ4v) is 5.46. The van der Waals surface area contributed by atoms with E-state index in [4.69, 9.17) is 10.5 Å². The van der Waals surface area contributed by atoms with Crippen molar-refractivity contribution in [3.8, 4) is 11.8 Å². The van der Waals surface area contributed by atoms with Crippen LogP contribution in [-0.4, -0.2) is 53.1 Å². The molecule has 178 valence electrons. The van der Waals surface area contributed by atoms with Crippen molar-refractivity contribution in [3.05, 3.63) is 65.1 Å². The first kappa shape index (κ1) is 22.0. The number of ether oxygens (including phenoxy) is 1. The largest absolute Gasteiger partial charge is 0.378 e. The Balaban J connectivity index is 1.27. The molecular weight excluding hydrogens is 438 g/mol. The first-order valence-electron chi connectivity index (χ1n) is 12.3. The smallest absolute Gasteiger partial charge is 0.229 e. The average molecular weight is 468 g/mol. The van der Waals surface area contributed by atoms with Crippen LogP contribution in [-0.2, 0) is 21.5 Å². The van der Waals surface area contributed by atoms with Gasteiger partial charge in [-0.15, -0.1) is 0 Å². The SMILES string of the molecule is CNc1ncc(C#Cc2ccc(CN3C4CCC3COC4)cc2)c2cc(C3(C(N)=O)CC3)ncc12. The second kappa shape index (κ2) is 8.63. The number of morpholine rings is 1. The molecule has 7 nitrogen and oxygen atoms in total. The van der Waals surface area contributed by atoms with E-state index in [1.54, 1.807) is 12.4 Å². The van der Waals surface area contributed by atoms with Crippen molar-refractivity contribution >= 4 is 22.5 Å². The number of carbonyl (C=O) groups excluding carboxylic acids is 1. The molecule has 1 aliphatic carbocycles. The summed E-state index contributed by atoms with van der Waals surface area (Å²) in [5.74, 6) is 7.01. The fourth-order valence-electron chi connectivity index (χ4n) is 5.46. The molecule has 2 atom stereocenters. The highest BCUT2D eigenvalue weighted by atomic mass is 16.5. The number of primary amides is 1. The summed E-state index contributed by atoms with van der Waals surface area (Å²) in [6, 6.07) is 11.6. The van der Waals surface area contributed by atoms with Crippen LogP contribution in [0.3, 0.4) is 0 Å². The van der Waals surface area contributed by atoms with Crippen molar-refractivity contribution in [2.75, 3.05) is 25.6 Å². The zero-order valence-electron chi connectivity index (χ0n) is 19.9. The Bertz CT molecular complexity index is 1340. The van der Waals surface area contributed by atoms with Gasteiger partial charge in [-0.05, 0) is 49.4 Å². The number of hydrogen-bond donors (Lipinski definition) is 2. The molecule has 3 N–H and O–H groups in total. The van der Waals surface area contributed by atoms with Gasteiger partial charge in [0.05, 0.1) is 29.9 Å². The Morgan fingerprint density at radius 3 is 2.51 bits per heavy atom. The minimum Gasteiger partial charge on any atom is -0.378 e. The summed E-state index contributed by atoms with van der Waals surface area (Å²) >= 11 is 0. The first-order chi connectivity index (χ1) is 17.1. The zero-order chi connectivity index (χ0) is 24.0. The van der Waals surface area contributed by atoms with Crippen LogP contribution in [0, 0.1) is 11.8 Å². The van der Waals surface area contributed by atoms with Gasteiger partial charge in [-0.3, -0.25) is 14.7 Å². The summed E-state index contributed by atoms with van der Waals surface area (Å²) in [7, 11) is 1.83. The standard InChI is InChI=1S/C28H29N5O2/c1-30-26-24-14-31-25(28(10-11-28)27(29)34)12-23(24)20(13-32-26)7-6-18-2-4-19(5-3-18)15-33-21-8-9-22(33)17-35-16-21/h2-5,12-14,21-22H,8-11,15-17H2,1H3,(H2,29,34)(H,30,32). The summed E-state index contributed by atoms with van der Waals surface area (Å²) in [4.78, 5) is 23.7. The van der Waals surface area contributed by atoms with Gasteiger partial charge in [0.25, 0.3) is 0 Å². The molecule has 35 heavy (non-hydrogen) atoms. The average Bonchev–Trinajstić information content (AvgIpc) is 3.66. The number of rotatable bonds is 5. The Hall–Kier alpha value is -3.47. The van der Waals surface area contributed by atoms with Crippen LogP contribution in [0.5, 0.6) is 0 Å². The van der Waals surface area contributed by atoms with Crippen LogP contribution >= 0.6 is 0 Å². The van der Waals surface area contributed by atoms with Crippen molar-refractivity contribution in [1.82, 2.24) is 14.9 Å². The van der Waals surface area contributed by atoms with E-state index in [2.05, 4.69) is 56.3 Å². The first-order valence-corrected chi connectivity index (χ1v) is 12.3. The van der Waals surface area contributed by atoms with Gasteiger partial charge in [-0.2, -0.15) is 0 Å². The van der Waals surface area contributed by atoms with E-state index >= 15 is 0 Å². The molecular formula is C28H29N5O2. The van der Waals surface area contributed by atoms with E-state index < -0.39 is 5.41 Å². The predicted molar refractivity (Wildman–Crippen MR) is 135 cm³/mol. The lowest BCUT2D eigenvalue weighted by atomic mass is 9.98. The lowest BCUT2D eigenvalue weighted by Gasteiger charge is -2.34. The van der Waals surface area contributed by atoms with Crippen molar-refractivity contribution in [2.24, 2.45) is 5.73 Å². The zero-order valence-corrected chi connectivity index (χ0v) is 19.9. The van der Waals surface area contributed by atoms with Gasteiger partial charge in [0.1, 0.15) is 5.82 Å². The minimum absolute atomic E-state index is 0.315. The van der Waals surface area contributed by atoms with E-state index in [0.29, 0.717) is 12.1 Å². The normalized spacial score (nSPS) is 22.4. The molecule has 2 aliphatic heterocycles. The van der Waals surface area contributed by atoms with Crippen LogP contribution < -0.4 is 11.1 Å². The van der Waals surface area contributed by atoms with Gasteiger partial charge in [0, 0.05) is 54.4 Å². The number of carbonyl (C=O) groups is 1. The molecule has 3 aromatic rings. The number of anilines is 1.